The molecule has 1 saturated heterocycles. The number of rotatable bonds is 5. The highest BCUT2D eigenvalue weighted by Crippen LogP contribution is 2.25. The number of hydrogen-bond donors (Lipinski definition) is 2. The van der Waals surface area contributed by atoms with Gasteiger partial charge in [-0.05, 0) is 43.7 Å². The fraction of sp³-hybridized carbons (Fsp3) is 0.647. The van der Waals surface area contributed by atoms with Gasteiger partial charge in [0.25, 0.3) is 0 Å². The average Bonchev–Trinajstić information content (AvgIpc) is 3.19. The molecule has 1 aliphatic heterocycles. The minimum Gasteiger partial charge on any atom is -0.467 e. The molecule has 0 aromatic carbocycles. The highest BCUT2D eigenvalue weighted by Gasteiger charge is 2.35. The van der Waals surface area contributed by atoms with E-state index in [0.717, 1.165) is 31.4 Å². The first-order valence-corrected chi connectivity index (χ1v) is 8.37. The zero-order valence-electron chi connectivity index (χ0n) is 13.2. The number of likely N-dealkylation sites (tertiary alicyclic amines) is 1. The summed E-state index contributed by atoms with van der Waals surface area (Å²) < 4.78 is 5.27. The average molecular weight is 320 g/mol. The predicted molar refractivity (Wildman–Crippen MR) is 83.2 cm³/mol. The maximum atomic E-state index is 12.4. The molecule has 1 aliphatic carbocycles. The summed E-state index contributed by atoms with van der Waals surface area (Å²) in [6.45, 7) is 1.12. The van der Waals surface area contributed by atoms with E-state index in [0.29, 0.717) is 19.0 Å². The first-order chi connectivity index (χ1) is 11.2. The Morgan fingerprint density at radius 1 is 1.35 bits per heavy atom. The topological polar surface area (TPSA) is 82.8 Å². The van der Waals surface area contributed by atoms with Crippen LogP contribution in [0.5, 0.6) is 0 Å². The van der Waals surface area contributed by atoms with E-state index in [4.69, 9.17) is 9.52 Å². The third-order valence-corrected chi connectivity index (χ3v) is 4.96. The standard InChI is InChI=1S/C17H24N2O4/c20-11-12-3-5-14(6-4-12)18-17(22)13-8-16(21)19(9-13)10-15-2-1-7-23-15/h1-2,7,12-14,20H,3-6,8-11H2,(H,18,22). The van der Waals surface area contributed by atoms with E-state index >= 15 is 0 Å². The number of amides is 2. The second-order valence-corrected chi connectivity index (χ2v) is 6.66. The number of aliphatic hydroxyl groups is 1. The van der Waals surface area contributed by atoms with E-state index in [1.54, 1.807) is 17.2 Å². The van der Waals surface area contributed by atoms with Gasteiger partial charge in [0.2, 0.25) is 11.8 Å². The number of furan rings is 1. The zero-order chi connectivity index (χ0) is 16.2. The molecule has 1 aromatic heterocycles. The molecule has 1 unspecified atom stereocenters. The molecule has 0 bridgehead atoms. The molecular formula is C17H24N2O4. The molecule has 1 saturated carbocycles. The predicted octanol–water partition coefficient (Wildman–Crippen LogP) is 1.30. The lowest BCUT2D eigenvalue weighted by molar-refractivity contribution is -0.129. The lowest BCUT2D eigenvalue weighted by Crippen LogP contribution is -2.41. The lowest BCUT2D eigenvalue weighted by atomic mass is 9.86. The first-order valence-electron chi connectivity index (χ1n) is 8.37. The van der Waals surface area contributed by atoms with Gasteiger partial charge in [0, 0.05) is 25.6 Å². The van der Waals surface area contributed by atoms with Crippen molar-refractivity contribution in [3.05, 3.63) is 24.2 Å². The van der Waals surface area contributed by atoms with Crippen LogP contribution in [0.3, 0.4) is 0 Å². The molecule has 1 aromatic rings. The summed E-state index contributed by atoms with van der Waals surface area (Å²) in [6.07, 6.45) is 5.59. The fourth-order valence-electron chi connectivity index (χ4n) is 3.50. The molecule has 2 amide bonds. The molecule has 2 N–H and O–H groups in total. The van der Waals surface area contributed by atoms with Crippen molar-refractivity contribution < 1.29 is 19.1 Å². The summed E-state index contributed by atoms with van der Waals surface area (Å²) in [7, 11) is 0. The van der Waals surface area contributed by atoms with Crippen molar-refractivity contribution in [1.82, 2.24) is 10.2 Å². The molecule has 2 heterocycles. The Kier molecular flexibility index (Phi) is 5.00. The van der Waals surface area contributed by atoms with Crippen LogP contribution in [0.2, 0.25) is 0 Å². The van der Waals surface area contributed by atoms with Crippen molar-refractivity contribution in [1.29, 1.82) is 0 Å². The molecule has 0 radical (unpaired) electrons. The van der Waals surface area contributed by atoms with Gasteiger partial charge in [-0.1, -0.05) is 0 Å². The van der Waals surface area contributed by atoms with Crippen LogP contribution >= 0.6 is 0 Å². The summed E-state index contributed by atoms with van der Waals surface area (Å²) in [5.74, 6) is 0.827. The van der Waals surface area contributed by atoms with E-state index in [9.17, 15) is 9.59 Å². The fourth-order valence-corrected chi connectivity index (χ4v) is 3.50. The van der Waals surface area contributed by atoms with Crippen LogP contribution < -0.4 is 5.32 Å². The Morgan fingerprint density at radius 3 is 2.78 bits per heavy atom. The van der Waals surface area contributed by atoms with Gasteiger partial charge < -0.3 is 19.7 Å². The minimum atomic E-state index is -0.270. The van der Waals surface area contributed by atoms with Crippen molar-refractivity contribution in [3.63, 3.8) is 0 Å². The monoisotopic (exact) mass is 320 g/mol. The third-order valence-electron chi connectivity index (χ3n) is 4.96. The SMILES string of the molecule is O=C(NC1CCC(CO)CC1)C1CC(=O)N(Cc2ccco2)C1. The second-order valence-electron chi connectivity index (χ2n) is 6.66. The quantitative estimate of drug-likeness (QED) is 0.856. The van der Waals surface area contributed by atoms with Gasteiger partial charge in [-0.25, -0.2) is 0 Å². The smallest absolute Gasteiger partial charge is 0.225 e. The van der Waals surface area contributed by atoms with Gasteiger partial charge in [-0.15, -0.1) is 0 Å². The molecule has 23 heavy (non-hydrogen) atoms. The van der Waals surface area contributed by atoms with Crippen LogP contribution in [-0.4, -0.2) is 41.0 Å². The van der Waals surface area contributed by atoms with Crippen molar-refractivity contribution in [2.75, 3.05) is 13.2 Å². The largest absolute Gasteiger partial charge is 0.467 e. The van der Waals surface area contributed by atoms with Crippen molar-refractivity contribution in [2.45, 2.75) is 44.7 Å². The van der Waals surface area contributed by atoms with Crippen molar-refractivity contribution in [3.8, 4) is 0 Å². The van der Waals surface area contributed by atoms with E-state index in [2.05, 4.69) is 5.32 Å². The van der Waals surface area contributed by atoms with E-state index in [1.807, 2.05) is 6.07 Å². The van der Waals surface area contributed by atoms with Gasteiger partial charge >= 0.3 is 0 Å². The van der Waals surface area contributed by atoms with Crippen LogP contribution in [0, 0.1) is 11.8 Å². The van der Waals surface area contributed by atoms with Crippen LogP contribution in [0.15, 0.2) is 22.8 Å². The Labute approximate surface area is 135 Å². The number of nitrogens with one attached hydrogen (secondary N) is 1. The molecule has 6 heteroatoms. The van der Waals surface area contributed by atoms with Crippen LogP contribution in [0.1, 0.15) is 37.9 Å². The normalized spacial score (nSPS) is 28.1. The first kappa shape index (κ1) is 16.1. The van der Waals surface area contributed by atoms with Crippen molar-refractivity contribution in [2.24, 2.45) is 11.8 Å². The summed E-state index contributed by atoms with van der Waals surface area (Å²) in [5, 5.41) is 12.2. The molecule has 2 aliphatic rings. The summed E-state index contributed by atoms with van der Waals surface area (Å²) in [5.41, 5.74) is 0. The number of nitrogens with zero attached hydrogens (tertiary/aromatic N) is 1. The number of carbonyl (C=O) groups excluding carboxylic acids is 2. The van der Waals surface area contributed by atoms with Gasteiger partial charge in [-0.3, -0.25) is 9.59 Å². The molecule has 126 valence electrons. The van der Waals surface area contributed by atoms with Crippen LogP contribution in [0.4, 0.5) is 0 Å². The number of carbonyl (C=O) groups is 2. The van der Waals surface area contributed by atoms with Crippen LogP contribution in [0.25, 0.3) is 0 Å². The highest BCUT2D eigenvalue weighted by molar-refractivity contribution is 5.89. The molecule has 2 fully saturated rings. The lowest BCUT2D eigenvalue weighted by Gasteiger charge is -2.28. The third kappa shape index (κ3) is 3.93. The number of hydrogen-bond acceptors (Lipinski definition) is 4. The Morgan fingerprint density at radius 2 is 2.13 bits per heavy atom. The molecule has 6 nitrogen and oxygen atoms in total. The Bertz CT molecular complexity index is 535. The second kappa shape index (κ2) is 7.17. The van der Waals surface area contributed by atoms with Gasteiger partial charge in [0.1, 0.15) is 5.76 Å². The van der Waals surface area contributed by atoms with Crippen molar-refractivity contribution >= 4 is 11.8 Å². The molecule has 0 spiro atoms. The van der Waals surface area contributed by atoms with Gasteiger partial charge in [0.05, 0.1) is 18.7 Å². The Balaban J connectivity index is 1.48. The summed E-state index contributed by atoms with van der Waals surface area (Å²) in [4.78, 5) is 26.1. The summed E-state index contributed by atoms with van der Waals surface area (Å²) in [6, 6.07) is 3.81. The number of aliphatic hydroxyl groups excluding tert-OH is 1. The minimum absolute atomic E-state index is 0.00513. The summed E-state index contributed by atoms with van der Waals surface area (Å²) >= 11 is 0. The maximum Gasteiger partial charge on any atom is 0.225 e. The van der Waals surface area contributed by atoms with Gasteiger partial charge in [-0.2, -0.15) is 0 Å². The maximum absolute atomic E-state index is 12.4. The molecule has 1 atom stereocenters. The van der Waals surface area contributed by atoms with E-state index in [-0.39, 0.29) is 36.8 Å². The molecule has 3 rings (SSSR count). The van der Waals surface area contributed by atoms with Crippen LogP contribution in [-0.2, 0) is 16.1 Å². The zero-order valence-corrected chi connectivity index (χ0v) is 13.2. The van der Waals surface area contributed by atoms with E-state index < -0.39 is 0 Å². The van der Waals surface area contributed by atoms with E-state index in [1.165, 1.54) is 0 Å². The highest BCUT2D eigenvalue weighted by atomic mass is 16.3. The Hall–Kier alpha value is -1.82. The van der Waals surface area contributed by atoms with Gasteiger partial charge in [0.15, 0.2) is 0 Å². The molecular weight excluding hydrogens is 296 g/mol.